The number of nitrogens with zero attached hydrogens (tertiary/aromatic N) is 3. The molecule has 0 saturated heterocycles. The maximum atomic E-state index is 4.30. The molecule has 0 aliphatic rings. The number of nitrogens with one attached hydrogen (secondary N) is 1. The van der Waals surface area contributed by atoms with Gasteiger partial charge in [0.2, 0.25) is 5.13 Å². The standard InChI is InChI=1S/C8H16N4S/c1-7-10-8(13-11-7)12(3)6-4-5-9-2/h9H,4-6H2,1-3H3. The van der Waals surface area contributed by atoms with Gasteiger partial charge in [-0.05, 0) is 26.9 Å². The second-order valence-corrected chi connectivity index (χ2v) is 3.73. The lowest BCUT2D eigenvalue weighted by atomic mass is 10.4. The van der Waals surface area contributed by atoms with E-state index in [0.717, 1.165) is 30.5 Å². The molecule has 0 fully saturated rings. The van der Waals surface area contributed by atoms with Gasteiger partial charge < -0.3 is 10.2 Å². The van der Waals surface area contributed by atoms with Crippen LogP contribution in [-0.4, -0.2) is 36.5 Å². The summed E-state index contributed by atoms with van der Waals surface area (Å²) >= 11 is 1.46. The van der Waals surface area contributed by atoms with E-state index in [9.17, 15) is 0 Å². The Labute approximate surface area is 83.2 Å². The summed E-state index contributed by atoms with van der Waals surface area (Å²) in [6, 6.07) is 0. The number of aromatic nitrogens is 2. The van der Waals surface area contributed by atoms with E-state index in [2.05, 4.69) is 26.6 Å². The van der Waals surface area contributed by atoms with Crippen molar-refractivity contribution in [3.63, 3.8) is 0 Å². The van der Waals surface area contributed by atoms with Crippen LogP contribution in [0.1, 0.15) is 12.2 Å². The fraction of sp³-hybridized carbons (Fsp3) is 0.750. The van der Waals surface area contributed by atoms with Crippen molar-refractivity contribution in [3.05, 3.63) is 5.82 Å². The first kappa shape index (κ1) is 10.4. The molecular weight excluding hydrogens is 184 g/mol. The smallest absolute Gasteiger partial charge is 0.204 e. The van der Waals surface area contributed by atoms with Crippen LogP contribution in [0.4, 0.5) is 5.13 Å². The van der Waals surface area contributed by atoms with E-state index >= 15 is 0 Å². The molecule has 0 saturated carbocycles. The highest BCUT2D eigenvalue weighted by Crippen LogP contribution is 2.14. The van der Waals surface area contributed by atoms with Gasteiger partial charge in [-0.2, -0.15) is 4.37 Å². The van der Waals surface area contributed by atoms with Gasteiger partial charge in [-0.25, -0.2) is 4.98 Å². The number of aryl methyl sites for hydroxylation is 1. The zero-order valence-corrected chi connectivity index (χ0v) is 9.19. The van der Waals surface area contributed by atoms with Crippen LogP contribution in [0.25, 0.3) is 0 Å². The van der Waals surface area contributed by atoms with E-state index in [4.69, 9.17) is 0 Å². The minimum atomic E-state index is 0.862. The van der Waals surface area contributed by atoms with E-state index < -0.39 is 0 Å². The second-order valence-electron chi connectivity index (χ2n) is 3.00. The molecule has 1 N–H and O–H groups in total. The van der Waals surface area contributed by atoms with Crippen molar-refractivity contribution in [3.8, 4) is 0 Å². The van der Waals surface area contributed by atoms with Gasteiger partial charge >= 0.3 is 0 Å². The summed E-state index contributed by atoms with van der Waals surface area (Å²) in [6.07, 6.45) is 1.13. The van der Waals surface area contributed by atoms with Crippen LogP contribution in [0, 0.1) is 6.92 Å². The van der Waals surface area contributed by atoms with E-state index in [-0.39, 0.29) is 0 Å². The predicted octanol–water partition coefficient (Wildman–Crippen LogP) is 0.892. The molecule has 0 aliphatic carbocycles. The van der Waals surface area contributed by atoms with Crippen molar-refractivity contribution < 1.29 is 0 Å². The van der Waals surface area contributed by atoms with Gasteiger partial charge in [0.1, 0.15) is 5.82 Å². The van der Waals surface area contributed by atoms with Crippen LogP contribution in [0.15, 0.2) is 0 Å². The first-order valence-electron chi connectivity index (χ1n) is 4.40. The Morgan fingerprint density at radius 1 is 1.54 bits per heavy atom. The SMILES string of the molecule is CNCCCN(C)c1nc(C)ns1. The van der Waals surface area contributed by atoms with Gasteiger partial charge in [0.05, 0.1) is 0 Å². The van der Waals surface area contributed by atoms with Crippen molar-refractivity contribution in [1.82, 2.24) is 14.7 Å². The zero-order valence-electron chi connectivity index (χ0n) is 8.37. The third-order valence-corrected chi connectivity index (χ3v) is 2.69. The molecule has 1 heterocycles. The summed E-state index contributed by atoms with van der Waals surface area (Å²) in [6.45, 7) is 3.99. The van der Waals surface area contributed by atoms with Crippen molar-refractivity contribution in [1.29, 1.82) is 0 Å². The first-order valence-corrected chi connectivity index (χ1v) is 5.17. The quantitative estimate of drug-likeness (QED) is 0.717. The Morgan fingerprint density at radius 3 is 2.85 bits per heavy atom. The van der Waals surface area contributed by atoms with Gasteiger partial charge in [-0.1, -0.05) is 0 Å². The summed E-state index contributed by atoms with van der Waals surface area (Å²) in [7, 11) is 4.02. The third kappa shape index (κ3) is 3.28. The Hall–Kier alpha value is -0.680. The molecule has 0 aliphatic heterocycles. The fourth-order valence-corrected chi connectivity index (χ4v) is 1.69. The highest BCUT2D eigenvalue weighted by molar-refractivity contribution is 7.09. The zero-order chi connectivity index (χ0) is 9.68. The lowest BCUT2D eigenvalue weighted by Gasteiger charge is -2.14. The summed E-state index contributed by atoms with van der Waals surface area (Å²) < 4.78 is 4.14. The van der Waals surface area contributed by atoms with E-state index in [1.165, 1.54) is 11.5 Å². The number of anilines is 1. The number of hydrogen-bond donors (Lipinski definition) is 1. The third-order valence-electron chi connectivity index (χ3n) is 1.76. The van der Waals surface area contributed by atoms with Gasteiger partial charge in [0, 0.05) is 25.1 Å². The van der Waals surface area contributed by atoms with Gasteiger partial charge in [-0.15, -0.1) is 0 Å². The highest BCUT2D eigenvalue weighted by Gasteiger charge is 2.04. The summed E-state index contributed by atoms with van der Waals surface area (Å²) in [5.41, 5.74) is 0. The maximum absolute atomic E-state index is 4.30. The van der Waals surface area contributed by atoms with Crippen LogP contribution in [-0.2, 0) is 0 Å². The molecule has 13 heavy (non-hydrogen) atoms. The van der Waals surface area contributed by atoms with E-state index in [1.54, 1.807) is 0 Å². The van der Waals surface area contributed by atoms with Crippen molar-refractivity contribution in [2.24, 2.45) is 0 Å². The Bertz CT molecular complexity index is 248. The molecule has 0 bridgehead atoms. The van der Waals surface area contributed by atoms with Crippen LogP contribution in [0.5, 0.6) is 0 Å². The van der Waals surface area contributed by atoms with Crippen LogP contribution >= 0.6 is 11.5 Å². The molecule has 0 aromatic carbocycles. The van der Waals surface area contributed by atoms with Gasteiger partial charge in [0.15, 0.2) is 0 Å². The lowest BCUT2D eigenvalue weighted by Crippen LogP contribution is -2.22. The van der Waals surface area contributed by atoms with Crippen LogP contribution < -0.4 is 10.2 Å². The first-order chi connectivity index (χ1) is 6.24. The van der Waals surface area contributed by atoms with Crippen LogP contribution in [0.3, 0.4) is 0 Å². The molecule has 4 nitrogen and oxygen atoms in total. The molecular formula is C8H16N4S. The molecule has 74 valence electrons. The largest absolute Gasteiger partial charge is 0.350 e. The van der Waals surface area contributed by atoms with E-state index in [0.29, 0.717) is 0 Å². The molecule has 1 aromatic heterocycles. The minimum Gasteiger partial charge on any atom is -0.350 e. The molecule has 0 atom stereocenters. The fourth-order valence-electron chi connectivity index (χ4n) is 1.03. The number of rotatable bonds is 5. The topological polar surface area (TPSA) is 41.0 Å². The molecule has 1 aromatic rings. The molecule has 5 heteroatoms. The van der Waals surface area contributed by atoms with Gasteiger partial charge in [0.25, 0.3) is 0 Å². The predicted molar refractivity (Wildman–Crippen MR) is 56.5 cm³/mol. The molecule has 0 spiro atoms. The Balaban J connectivity index is 2.35. The average Bonchev–Trinajstić information content (AvgIpc) is 2.52. The van der Waals surface area contributed by atoms with Crippen molar-refractivity contribution >= 4 is 16.7 Å². The van der Waals surface area contributed by atoms with Crippen molar-refractivity contribution in [2.75, 3.05) is 32.1 Å². The van der Waals surface area contributed by atoms with Crippen LogP contribution in [0.2, 0.25) is 0 Å². The molecule has 0 radical (unpaired) electrons. The maximum Gasteiger partial charge on any atom is 0.204 e. The normalized spacial score (nSPS) is 10.4. The van der Waals surface area contributed by atoms with Crippen molar-refractivity contribution in [2.45, 2.75) is 13.3 Å². The number of hydrogen-bond acceptors (Lipinski definition) is 5. The Kier molecular flexibility index (Phi) is 4.11. The second kappa shape index (κ2) is 5.14. The minimum absolute atomic E-state index is 0.862. The molecule has 0 unspecified atom stereocenters. The summed E-state index contributed by atoms with van der Waals surface area (Å²) in [4.78, 5) is 6.44. The molecule has 1 rings (SSSR count). The highest BCUT2D eigenvalue weighted by atomic mass is 32.1. The van der Waals surface area contributed by atoms with Gasteiger partial charge in [-0.3, -0.25) is 0 Å². The lowest BCUT2D eigenvalue weighted by molar-refractivity contribution is 0.711. The summed E-state index contributed by atoms with van der Waals surface area (Å²) in [5.74, 6) is 0.862. The summed E-state index contributed by atoms with van der Waals surface area (Å²) in [5, 5.41) is 4.13. The van der Waals surface area contributed by atoms with E-state index in [1.807, 2.05) is 14.0 Å². The Morgan fingerprint density at radius 2 is 2.31 bits per heavy atom. The average molecular weight is 200 g/mol. The molecule has 0 amide bonds. The monoisotopic (exact) mass is 200 g/mol.